The summed E-state index contributed by atoms with van der Waals surface area (Å²) in [5.74, 6) is 0. The average Bonchev–Trinajstić information content (AvgIpc) is 3.01. The summed E-state index contributed by atoms with van der Waals surface area (Å²) in [4.78, 5) is 3.71. The van der Waals surface area contributed by atoms with E-state index in [1.807, 2.05) is 6.21 Å². The van der Waals surface area contributed by atoms with Gasteiger partial charge in [0, 0.05) is 37.6 Å². The summed E-state index contributed by atoms with van der Waals surface area (Å²) in [5, 5.41) is 8.81. The maximum Gasteiger partial charge on any atom is 0.0642 e. The van der Waals surface area contributed by atoms with Gasteiger partial charge in [0.2, 0.25) is 0 Å². The van der Waals surface area contributed by atoms with Gasteiger partial charge in [-0.3, -0.25) is 9.91 Å². The highest BCUT2D eigenvalue weighted by molar-refractivity contribution is 7.11. The van der Waals surface area contributed by atoms with E-state index in [9.17, 15) is 0 Å². The minimum Gasteiger partial charge on any atom is -0.295 e. The molecule has 4 heteroatoms. The highest BCUT2D eigenvalue weighted by Crippen LogP contribution is 2.09. The molecule has 0 radical (unpaired) electrons. The standard InChI is InChI=1S/C16H19N3S/c1-2-5-15(6-3-1)14-18-8-10-19(11-9-18)17-13-16-7-4-12-20-16/h1-7,12-13H,8-11,14H2/b17-13+. The first-order valence-electron chi connectivity index (χ1n) is 6.99. The van der Waals surface area contributed by atoms with Gasteiger partial charge >= 0.3 is 0 Å². The number of piperazine rings is 1. The van der Waals surface area contributed by atoms with Crippen LogP contribution in [0, 0.1) is 0 Å². The van der Waals surface area contributed by atoms with Gasteiger partial charge in [0.15, 0.2) is 0 Å². The summed E-state index contributed by atoms with van der Waals surface area (Å²) < 4.78 is 0. The molecule has 1 fully saturated rings. The molecule has 0 bridgehead atoms. The third kappa shape index (κ3) is 3.68. The van der Waals surface area contributed by atoms with E-state index in [-0.39, 0.29) is 0 Å². The Bertz CT molecular complexity index is 528. The second kappa shape index (κ2) is 6.68. The van der Waals surface area contributed by atoms with Crippen molar-refractivity contribution in [3.63, 3.8) is 0 Å². The third-order valence-electron chi connectivity index (χ3n) is 3.49. The van der Waals surface area contributed by atoms with Crippen molar-refractivity contribution in [3.05, 3.63) is 58.3 Å². The number of benzene rings is 1. The van der Waals surface area contributed by atoms with E-state index >= 15 is 0 Å². The van der Waals surface area contributed by atoms with Crippen LogP contribution in [0.15, 0.2) is 52.9 Å². The van der Waals surface area contributed by atoms with E-state index < -0.39 is 0 Å². The van der Waals surface area contributed by atoms with E-state index in [0.717, 1.165) is 32.7 Å². The second-order valence-electron chi connectivity index (χ2n) is 4.98. The maximum atomic E-state index is 4.56. The average molecular weight is 285 g/mol. The molecular formula is C16H19N3S. The molecule has 1 aliphatic heterocycles. The van der Waals surface area contributed by atoms with E-state index in [1.54, 1.807) is 11.3 Å². The fourth-order valence-corrected chi connectivity index (χ4v) is 2.94. The third-order valence-corrected chi connectivity index (χ3v) is 4.30. The van der Waals surface area contributed by atoms with Crippen LogP contribution in [0.2, 0.25) is 0 Å². The van der Waals surface area contributed by atoms with Crippen LogP contribution in [-0.4, -0.2) is 42.3 Å². The second-order valence-corrected chi connectivity index (χ2v) is 5.95. The first kappa shape index (κ1) is 13.3. The minimum atomic E-state index is 1.01. The van der Waals surface area contributed by atoms with Crippen LogP contribution in [0.25, 0.3) is 0 Å². The van der Waals surface area contributed by atoms with Gasteiger partial charge in [-0.15, -0.1) is 11.3 Å². The summed E-state index contributed by atoms with van der Waals surface area (Å²) >= 11 is 1.73. The number of hydrogen-bond acceptors (Lipinski definition) is 4. The summed E-state index contributed by atoms with van der Waals surface area (Å²) in [6.07, 6.45) is 1.97. The zero-order valence-electron chi connectivity index (χ0n) is 11.5. The van der Waals surface area contributed by atoms with Crippen molar-refractivity contribution < 1.29 is 0 Å². The van der Waals surface area contributed by atoms with Crippen molar-refractivity contribution in [3.8, 4) is 0 Å². The van der Waals surface area contributed by atoms with Gasteiger partial charge in [-0.25, -0.2) is 0 Å². The summed E-state index contributed by atoms with van der Waals surface area (Å²) in [5.41, 5.74) is 1.39. The lowest BCUT2D eigenvalue weighted by Crippen LogP contribution is -2.43. The van der Waals surface area contributed by atoms with E-state index in [1.165, 1.54) is 10.4 Å². The lowest BCUT2D eigenvalue weighted by molar-refractivity contribution is 0.131. The molecule has 0 unspecified atom stereocenters. The van der Waals surface area contributed by atoms with Gasteiger partial charge < -0.3 is 0 Å². The number of nitrogens with zero attached hydrogens (tertiary/aromatic N) is 3. The quantitative estimate of drug-likeness (QED) is 0.804. The SMILES string of the molecule is C(=N\N1CCN(Cc2ccccc2)CC1)/c1cccs1. The van der Waals surface area contributed by atoms with Crippen molar-refractivity contribution in [2.75, 3.05) is 26.2 Å². The van der Waals surface area contributed by atoms with Gasteiger partial charge in [0.1, 0.15) is 0 Å². The summed E-state index contributed by atoms with van der Waals surface area (Å²) in [6, 6.07) is 14.8. The lowest BCUT2D eigenvalue weighted by Gasteiger charge is -2.33. The number of thiophene rings is 1. The molecule has 3 rings (SSSR count). The first-order chi connectivity index (χ1) is 9.90. The molecule has 1 aromatic heterocycles. The van der Waals surface area contributed by atoms with Gasteiger partial charge in [-0.2, -0.15) is 5.10 Å². The van der Waals surface area contributed by atoms with Crippen LogP contribution in [0.5, 0.6) is 0 Å². The molecule has 0 atom stereocenters. The van der Waals surface area contributed by atoms with Gasteiger partial charge in [-0.05, 0) is 17.0 Å². The molecule has 2 aromatic rings. The van der Waals surface area contributed by atoms with Crippen LogP contribution >= 0.6 is 11.3 Å². The molecule has 3 nitrogen and oxygen atoms in total. The fourth-order valence-electron chi connectivity index (χ4n) is 2.36. The van der Waals surface area contributed by atoms with Crippen molar-refractivity contribution in [1.29, 1.82) is 0 Å². The normalized spacial score (nSPS) is 16.9. The molecule has 20 heavy (non-hydrogen) atoms. The van der Waals surface area contributed by atoms with Crippen molar-refractivity contribution >= 4 is 17.6 Å². The molecule has 0 amide bonds. The Morgan fingerprint density at radius 2 is 1.80 bits per heavy atom. The highest BCUT2D eigenvalue weighted by Gasteiger charge is 2.15. The van der Waals surface area contributed by atoms with Gasteiger partial charge in [0.25, 0.3) is 0 Å². The summed E-state index contributed by atoms with van der Waals surface area (Å²) in [6.45, 7) is 5.22. The smallest absolute Gasteiger partial charge is 0.0642 e. The first-order valence-corrected chi connectivity index (χ1v) is 7.87. The van der Waals surface area contributed by atoms with Crippen LogP contribution in [0.1, 0.15) is 10.4 Å². The molecular weight excluding hydrogens is 266 g/mol. The zero-order valence-corrected chi connectivity index (χ0v) is 12.3. The topological polar surface area (TPSA) is 18.8 Å². The van der Waals surface area contributed by atoms with E-state index in [4.69, 9.17) is 0 Å². The molecule has 1 saturated heterocycles. The summed E-state index contributed by atoms with van der Waals surface area (Å²) in [7, 11) is 0. The lowest BCUT2D eigenvalue weighted by atomic mass is 10.2. The Hall–Kier alpha value is -1.65. The van der Waals surface area contributed by atoms with Crippen molar-refractivity contribution in [1.82, 2.24) is 9.91 Å². The Morgan fingerprint density at radius 3 is 2.50 bits per heavy atom. The van der Waals surface area contributed by atoms with Crippen LogP contribution in [-0.2, 0) is 6.54 Å². The van der Waals surface area contributed by atoms with E-state index in [0.29, 0.717) is 0 Å². The molecule has 2 heterocycles. The Kier molecular flexibility index (Phi) is 4.46. The number of rotatable bonds is 4. The van der Waals surface area contributed by atoms with Crippen molar-refractivity contribution in [2.45, 2.75) is 6.54 Å². The van der Waals surface area contributed by atoms with Crippen LogP contribution in [0.3, 0.4) is 0 Å². The highest BCUT2D eigenvalue weighted by atomic mass is 32.1. The molecule has 1 aliphatic rings. The number of hydrogen-bond donors (Lipinski definition) is 0. The largest absolute Gasteiger partial charge is 0.295 e. The van der Waals surface area contributed by atoms with Gasteiger partial charge in [0.05, 0.1) is 6.21 Å². The van der Waals surface area contributed by atoms with Crippen molar-refractivity contribution in [2.24, 2.45) is 5.10 Å². The maximum absolute atomic E-state index is 4.56. The van der Waals surface area contributed by atoms with Crippen LogP contribution in [0.4, 0.5) is 0 Å². The molecule has 0 aliphatic carbocycles. The molecule has 0 spiro atoms. The molecule has 1 aromatic carbocycles. The number of hydrazone groups is 1. The Balaban J connectivity index is 1.47. The monoisotopic (exact) mass is 285 g/mol. The minimum absolute atomic E-state index is 1.01. The molecule has 0 saturated carbocycles. The molecule has 104 valence electrons. The van der Waals surface area contributed by atoms with Crippen LogP contribution < -0.4 is 0 Å². The Morgan fingerprint density at radius 1 is 1.00 bits per heavy atom. The predicted octanol–water partition coefficient (Wildman–Crippen LogP) is 2.90. The Labute approximate surface area is 124 Å². The van der Waals surface area contributed by atoms with Gasteiger partial charge in [-0.1, -0.05) is 36.4 Å². The predicted molar refractivity (Wildman–Crippen MR) is 85.2 cm³/mol. The van der Waals surface area contributed by atoms with E-state index in [2.05, 4.69) is 62.9 Å². The zero-order chi connectivity index (χ0) is 13.6. The fraction of sp³-hybridized carbons (Fsp3) is 0.312. The molecule has 0 N–H and O–H groups in total.